The van der Waals surface area contributed by atoms with E-state index in [1.54, 1.807) is 0 Å². The zero-order valence-electron chi connectivity index (χ0n) is 20.1. The molecule has 0 spiro atoms. The van der Waals surface area contributed by atoms with E-state index in [1.807, 2.05) is 43.5 Å². The monoisotopic (exact) mass is 489 g/mol. The third-order valence-electron chi connectivity index (χ3n) is 6.96. The third kappa shape index (κ3) is 4.81. The van der Waals surface area contributed by atoms with Crippen LogP contribution in [0, 0.1) is 6.92 Å². The van der Waals surface area contributed by atoms with E-state index in [-0.39, 0.29) is 24.6 Å². The van der Waals surface area contributed by atoms with Gasteiger partial charge in [0.25, 0.3) is 0 Å². The van der Waals surface area contributed by atoms with Crippen molar-refractivity contribution in [1.29, 1.82) is 0 Å². The van der Waals surface area contributed by atoms with Crippen molar-refractivity contribution in [1.82, 2.24) is 14.9 Å². The lowest BCUT2D eigenvalue weighted by Crippen LogP contribution is -2.29. The minimum absolute atomic E-state index is 0.0210. The van der Waals surface area contributed by atoms with Gasteiger partial charge in [0.1, 0.15) is 6.61 Å². The minimum atomic E-state index is -0.178. The summed E-state index contributed by atoms with van der Waals surface area (Å²) in [4.78, 5) is 18.8. The highest BCUT2D eigenvalue weighted by Gasteiger charge is 2.41. The van der Waals surface area contributed by atoms with Crippen LogP contribution < -0.4 is 15.5 Å². The molecule has 1 aliphatic heterocycles. The van der Waals surface area contributed by atoms with Gasteiger partial charge in [-0.2, -0.15) is 0 Å². The number of rotatable bonds is 7. The Kier molecular flexibility index (Phi) is 6.83. The Morgan fingerprint density at radius 2 is 2.06 bits per heavy atom. The third-order valence-corrected chi connectivity index (χ3v) is 7.28. The van der Waals surface area contributed by atoms with Gasteiger partial charge in [0, 0.05) is 43.1 Å². The van der Waals surface area contributed by atoms with Crippen LogP contribution in [0.4, 0.5) is 11.4 Å². The van der Waals surface area contributed by atoms with Crippen LogP contribution in [-0.2, 0) is 9.53 Å². The second kappa shape index (κ2) is 10.2. The van der Waals surface area contributed by atoms with Crippen LogP contribution in [0.25, 0.3) is 0 Å². The van der Waals surface area contributed by atoms with Crippen molar-refractivity contribution in [3.8, 4) is 0 Å². The number of hydrogen-bond donors (Lipinski definition) is 2. The number of aromatic nitrogens is 2. The second-order valence-electron chi connectivity index (χ2n) is 9.31. The molecule has 182 valence electrons. The van der Waals surface area contributed by atoms with Gasteiger partial charge in [-0.1, -0.05) is 18.9 Å². The zero-order valence-corrected chi connectivity index (χ0v) is 20.9. The van der Waals surface area contributed by atoms with Crippen molar-refractivity contribution in [2.45, 2.75) is 50.7 Å². The number of thiocarbonyl (C=S) groups is 1. The lowest BCUT2D eigenvalue weighted by molar-refractivity contribution is -0.119. The largest absolute Gasteiger partial charge is 0.375 e. The van der Waals surface area contributed by atoms with E-state index in [2.05, 4.69) is 49.6 Å². The first-order chi connectivity index (χ1) is 17.0. The summed E-state index contributed by atoms with van der Waals surface area (Å²) in [6, 6.07) is 14.7. The summed E-state index contributed by atoms with van der Waals surface area (Å²) in [7, 11) is 1.51. The smallest absolute Gasteiger partial charge is 0.250 e. The van der Waals surface area contributed by atoms with Gasteiger partial charge in [0.2, 0.25) is 5.91 Å². The molecular formula is C27H31N5O2S. The van der Waals surface area contributed by atoms with Crippen LogP contribution in [0.15, 0.2) is 61.1 Å². The number of hydrogen-bond acceptors (Lipinski definition) is 4. The van der Waals surface area contributed by atoms with Crippen molar-refractivity contribution in [2.24, 2.45) is 0 Å². The topological polar surface area (TPSA) is 71.4 Å². The van der Waals surface area contributed by atoms with E-state index in [9.17, 15) is 4.79 Å². The summed E-state index contributed by atoms with van der Waals surface area (Å²) in [5, 5.41) is 7.10. The predicted octanol–water partition coefficient (Wildman–Crippen LogP) is 5.07. The molecule has 2 atom stereocenters. The molecule has 8 heteroatoms. The molecule has 1 aromatic carbocycles. The number of nitrogens with zero attached hydrogens (tertiary/aromatic N) is 3. The quantitative estimate of drug-likeness (QED) is 0.452. The Morgan fingerprint density at radius 1 is 1.23 bits per heavy atom. The maximum atomic E-state index is 12.0. The number of anilines is 2. The van der Waals surface area contributed by atoms with Crippen LogP contribution in [0.1, 0.15) is 60.6 Å². The van der Waals surface area contributed by atoms with Gasteiger partial charge in [-0.15, -0.1) is 0 Å². The second-order valence-corrected chi connectivity index (χ2v) is 9.69. The number of carbonyl (C=O) groups excluding carboxylic acids is 1. The fraction of sp³-hybridized carbons (Fsp3) is 0.370. The van der Waals surface area contributed by atoms with Crippen LogP contribution >= 0.6 is 12.2 Å². The fourth-order valence-corrected chi connectivity index (χ4v) is 5.61. The highest BCUT2D eigenvalue weighted by molar-refractivity contribution is 7.80. The summed E-state index contributed by atoms with van der Waals surface area (Å²) >= 11 is 5.87. The van der Waals surface area contributed by atoms with Gasteiger partial charge >= 0.3 is 0 Å². The highest BCUT2D eigenvalue weighted by Crippen LogP contribution is 2.43. The molecule has 7 nitrogen and oxygen atoms in total. The van der Waals surface area contributed by atoms with E-state index in [0.29, 0.717) is 11.2 Å². The number of benzene rings is 1. The Hall–Kier alpha value is -3.23. The molecule has 35 heavy (non-hydrogen) atoms. The van der Waals surface area contributed by atoms with Gasteiger partial charge in [0.05, 0.1) is 17.8 Å². The predicted molar refractivity (Wildman–Crippen MR) is 142 cm³/mol. The summed E-state index contributed by atoms with van der Waals surface area (Å²) in [6.45, 7) is 2.01. The number of methoxy groups -OCH3 is 1. The number of aryl methyl sites for hydroxylation is 1. The first kappa shape index (κ1) is 23.5. The molecule has 0 bridgehead atoms. The normalized spacial score (nSPS) is 20.3. The molecule has 2 fully saturated rings. The number of pyridine rings is 1. The first-order valence-corrected chi connectivity index (χ1v) is 12.5. The van der Waals surface area contributed by atoms with Gasteiger partial charge in [-0.25, -0.2) is 0 Å². The number of carbonyl (C=O) groups is 1. The molecule has 1 saturated heterocycles. The van der Waals surface area contributed by atoms with E-state index in [0.717, 1.165) is 22.6 Å². The molecule has 2 aromatic heterocycles. The van der Waals surface area contributed by atoms with Gasteiger partial charge in [0.15, 0.2) is 5.11 Å². The van der Waals surface area contributed by atoms with Gasteiger partial charge in [-0.3, -0.25) is 9.78 Å². The van der Waals surface area contributed by atoms with E-state index in [4.69, 9.17) is 17.0 Å². The first-order valence-electron chi connectivity index (χ1n) is 12.1. The average Bonchev–Trinajstić information content (AvgIpc) is 3.61. The molecule has 3 heterocycles. The molecule has 2 aliphatic rings. The van der Waals surface area contributed by atoms with Crippen LogP contribution in [0.5, 0.6) is 0 Å². The highest BCUT2D eigenvalue weighted by atomic mass is 32.1. The minimum Gasteiger partial charge on any atom is -0.375 e. The molecule has 3 aromatic rings. The van der Waals surface area contributed by atoms with E-state index in [1.165, 1.54) is 38.4 Å². The van der Waals surface area contributed by atoms with Crippen molar-refractivity contribution < 1.29 is 9.53 Å². The van der Waals surface area contributed by atoms with E-state index >= 15 is 0 Å². The average molecular weight is 490 g/mol. The Bertz CT molecular complexity index is 1210. The van der Waals surface area contributed by atoms with Crippen molar-refractivity contribution in [3.63, 3.8) is 0 Å². The van der Waals surface area contributed by atoms with Crippen LogP contribution in [-0.4, -0.2) is 34.3 Å². The molecule has 0 radical (unpaired) electrons. The summed E-state index contributed by atoms with van der Waals surface area (Å²) in [6.07, 6.45) is 11.4. The van der Waals surface area contributed by atoms with Crippen molar-refractivity contribution in [2.75, 3.05) is 23.9 Å². The van der Waals surface area contributed by atoms with Crippen molar-refractivity contribution in [3.05, 3.63) is 77.9 Å². The zero-order chi connectivity index (χ0) is 24.4. The SMILES string of the molecule is COCC(=O)Nc1ccc(N2C(=S)N[C@H](c3ccccn3)[C@@H]2c2ccn(C3CCCC3)c2)cc1C. The lowest BCUT2D eigenvalue weighted by atomic mass is 9.98. The number of ether oxygens (including phenoxy) is 1. The van der Waals surface area contributed by atoms with Crippen molar-refractivity contribution >= 4 is 34.6 Å². The number of nitrogens with one attached hydrogen (secondary N) is 2. The maximum Gasteiger partial charge on any atom is 0.250 e. The molecular weight excluding hydrogens is 458 g/mol. The standard InChI is InChI=1S/C27H31N5O2S/c1-18-15-21(10-11-22(18)29-24(33)17-34-2)32-26(19-12-14-31(16-19)20-7-3-4-8-20)25(30-27(32)35)23-9-5-6-13-28-23/h5-6,9-16,20,25-26H,3-4,7-8,17H2,1-2H3,(H,29,33)(H,30,35)/t25-,26+/m1/s1. The molecule has 0 unspecified atom stereocenters. The van der Waals surface area contributed by atoms with Crippen LogP contribution in [0.2, 0.25) is 0 Å². The maximum absolute atomic E-state index is 12.0. The Balaban J connectivity index is 1.50. The lowest BCUT2D eigenvalue weighted by Gasteiger charge is -2.28. The van der Waals surface area contributed by atoms with Crippen LogP contribution in [0.3, 0.4) is 0 Å². The van der Waals surface area contributed by atoms with Gasteiger partial charge in [-0.05, 0) is 79.5 Å². The molecule has 2 N–H and O–H groups in total. The Labute approximate surface area is 211 Å². The molecule has 5 rings (SSSR count). The molecule has 1 amide bonds. The Morgan fingerprint density at radius 3 is 2.77 bits per heavy atom. The fourth-order valence-electron chi connectivity index (χ4n) is 5.26. The molecule has 1 saturated carbocycles. The number of amides is 1. The summed E-state index contributed by atoms with van der Waals surface area (Å²) in [5.41, 5.74) is 4.85. The summed E-state index contributed by atoms with van der Waals surface area (Å²) < 4.78 is 7.31. The van der Waals surface area contributed by atoms with E-state index < -0.39 is 0 Å². The molecule has 1 aliphatic carbocycles. The van der Waals surface area contributed by atoms with Gasteiger partial charge < -0.3 is 24.8 Å². The summed E-state index contributed by atoms with van der Waals surface area (Å²) in [5.74, 6) is -0.178.